The molecule has 0 aromatic carbocycles. The van der Waals surface area contributed by atoms with E-state index in [9.17, 15) is 0 Å². The molecule has 11 heavy (non-hydrogen) atoms. The van der Waals surface area contributed by atoms with Gasteiger partial charge in [-0.2, -0.15) is 0 Å². The number of likely N-dealkylation sites (N-methyl/N-ethyl adjacent to an activating group) is 1. The van der Waals surface area contributed by atoms with Gasteiger partial charge in [0.15, 0.2) is 0 Å². The Morgan fingerprint density at radius 3 is 3.36 bits per heavy atom. The highest BCUT2D eigenvalue weighted by atomic mass is 15.4. The van der Waals surface area contributed by atoms with E-state index in [1.165, 1.54) is 6.34 Å². The van der Waals surface area contributed by atoms with E-state index >= 15 is 0 Å². The van der Waals surface area contributed by atoms with Crippen molar-refractivity contribution < 1.29 is 0 Å². The highest BCUT2D eigenvalue weighted by Gasteiger charge is 2.34. The smallest absolute Gasteiger partial charge is 0.127 e. The fraction of sp³-hybridized carbons (Fsp3) is 0.667. The molecule has 2 aliphatic rings. The van der Waals surface area contributed by atoms with Crippen LogP contribution in [0.5, 0.6) is 0 Å². The molecule has 2 rings (SSSR count). The Morgan fingerprint density at radius 1 is 1.82 bits per heavy atom. The molecule has 0 saturated carbocycles. The van der Waals surface area contributed by atoms with E-state index in [2.05, 4.69) is 20.2 Å². The summed E-state index contributed by atoms with van der Waals surface area (Å²) in [6, 6.07) is 0.116. The highest BCUT2D eigenvalue weighted by molar-refractivity contribution is 5.94. The normalized spacial score (nSPS) is 37.0. The van der Waals surface area contributed by atoms with Crippen molar-refractivity contribution in [2.24, 2.45) is 15.7 Å². The molecule has 2 unspecified atom stereocenters. The zero-order valence-electron chi connectivity index (χ0n) is 6.36. The summed E-state index contributed by atoms with van der Waals surface area (Å²) in [5, 5.41) is 3.21. The molecule has 3 N–H and O–H groups in total. The Balaban J connectivity index is 2.24. The standard InChI is InChI=1S/C6H11N5/c1-11-3-10-4-5(7)8-2-9-6(4)11/h2,4,6,10H,3H2,1H3,(H2,7,8,9). The first-order chi connectivity index (χ1) is 5.29. The second-order valence-corrected chi connectivity index (χ2v) is 2.83. The predicted octanol–water partition coefficient (Wildman–Crippen LogP) is -1.43. The van der Waals surface area contributed by atoms with Gasteiger partial charge in [0.25, 0.3) is 0 Å². The summed E-state index contributed by atoms with van der Waals surface area (Å²) in [6.45, 7) is 0.822. The van der Waals surface area contributed by atoms with Crippen molar-refractivity contribution in [1.29, 1.82) is 0 Å². The third kappa shape index (κ3) is 0.928. The molecule has 0 aromatic rings. The second-order valence-electron chi connectivity index (χ2n) is 2.83. The van der Waals surface area contributed by atoms with Crippen LogP contribution in [0.3, 0.4) is 0 Å². The van der Waals surface area contributed by atoms with Crippen molar-refractivity contribution in [2.75, 3.05) is 13.7 Å². The van der Waals surface area contributed by atoms with Crippen LogP contribution in [0.15, 0.2) is 9.98 Å². The van der Waals surface area contributed by atoms with Gasteiger partial charge < -0.3 is 5.73 Å². The number of hydrogen-bond donors (Lipinski definition) is 2. The predicted molar refractivity (Wildman–Crippen MR) is 43.5 cm³/mol. The first-order valence-electron chi connectivity index (χ1n) is 3.57. The lowest BCUT2D eigenvalue weighted by Gasteiger charge is -2.20. The Bertz CT molecular complexity index is 221. The van der Waals surface area contributed by atoms with Gasteiger partial charge in [-0.1, -0.05) is 0 Å². The molecule has 60 valence electrons. The summed E-state index contributed by atoms with van der Waals surface area (Å²) in [5.74, 6) is 0.634. The number of fused-ring (bicyclic) bond motifs is 1. The molecule has 0 bridgehead atoms. The average Bonchev–Trinajstić information content (AvgIpc) is 2.35. The molecule has 2 atom stereocenters. The van der Waals surface area contributed by atoms with Crippen LogP contribution < -0.4 is 11.1 Å². The van der Waals surface area contributed by atoms with E-state index in [1.807, 2.05) is 7.05 Å². The number of amidine groups is 1. The molecule has 2 heterocycles. The minimum atomic E-state index is 0.116. The van der Waals surface area contributed by atoms with Gasteiger partial charge in [0, 0.05) is 0 Å². The monoisotopic (exact) mass is 153 g/mol. The first-order valence-corrected chi connectivity index (χ1v) is 3.57. The summed E-state index contributed by atoms with van der Waals surface area (Å²) < 4.78 is 0. The van der Waals surface area contributed by atoms with E-state index in [0.717, 1.165) is 6.67 Å². The van der Waals surface area contributed by atoms with Gasteiger partial charge in [-0.05, 0) is 7.05 Å². The molecule has 5 heteroatoms. The van der Waals surface area contributed by atoms with Crippen LogP contribution in [-0.2, 0) is 0 Å². The van der Waals surface area contributed by atoms with E-state index in [4.69, 9.17) is 5.73 Å². The van der Waals surface area contributed by atoms with Gasteiger partial charge in [0.2, 0.25) is 0 Å². The minimum absolute atomic E-state index is 0.116. The van der Waals surface area contributed by atoms with Crippen LogP contribution in [0.4, 0.5) is 0 Å². The van der Waals surface area contributed by atoms with Crippen molar-refractivity contribution >= 4 is 12.2 Å². The maximum absolute atomic E-state index is 5.65. The Kier molecular flexibility index (Phi) is 1.40. The summed E-state index contributed by atoms with van der Waals surface area (Å²) in [7, 11) is 2.01. The van der Waals surface area contributed by atoms with Gasteiger partial charge >= 0.3 is 0 Å². The van der Waals surface area contributed by atoms with Gasteiger partial charge in [-0.3, -0.25) is 15.2 Å². The fourth-order valence-corrected chi connectivity index (χ4v) is 1.40. The number of hydrogen-bond acceptors (Lipinski definition) is 5. The van der Waals surface area contributed by atoms with Gasteiger partial charge in [0.1, 0.15) is 24.4 Å². The van der Waals surface area contributed by atoms with Crippen LogP contribution in [0.25, 0.3) is 0 Å². The number of nitrogens with one attached hydrogen (secondary N) is 1. The topological polar surface area (TPSA) is 66.0 Å². The molecule has 2 aliphatic heterocycles. The molecule has 0 aliphatic carbocycles. The fourth-order valence-electron chi connectivity index (χ4n) is 1.40. The Morgan fingerprint density at radius 2 is 2.64 bits per heavy atom. The summed E-state index contributed by atoms with van der Waals surface area (Å²) in [5.41, 5.74) is 5.65. The second kappa shape index (κ2) is 2.28. The molecular formula is C6H11N5. The molecule has 1 saturated heterocycles. The van der Waals surface area contributed by atoms with Crippen molar-refractivity contribution in [3.63, 3.8) is 0 Å². The SMILES string of the molecule is CN1CNC2C(N)=NC=NC21. The molecule has 1 fully saturated rings. The van der Waals surface area contributed by atoms with Crippen molar-refractivity contribution in [2.45, 2.75) is 12.2 Å². The van der Waals surface area contributed by atoms with Crippen molar-refractivity contribution in [3.05, 3.63) is 0 Å². The summed E-state index contributed by atoms with van der Waals surface area (Å²) in [6.07, 6.45) is 1.67. The molecule has 5 nitrogen and oxygen atoms in total. The summed E-state index contributed by atoms with van der Waals surface area (Å²) >= 11 is 0. The Labute approximate surface area is 65.0 Å². The third-order valence-corrected chi connectivity index (χ3v) is 2.06. The lowest BCUT2D eigenvalue weighted by molar-refractivity contribution is 0.317. The van der Waals surface area contributed by atoms with Gasteiger partial charge in [-0.15, -0.1) is 0 Å². The number of nitrogens with two attached hydrogens (primary N) is 1. The van der Waals surface area contributed by atoms with Gasteiger partial charge in [-0.25, -0.2) is 4.99 Å². The van der Waals surface area contributed by atoms with E-state index < -0.39 is 0 Å². The summed E-state index contributed by atoms with van der Waals surface area (Å²) in [4.78, 5) is 10.2. The average molecular weight is 153 g/mol. The maximum atomic E-state index is 5.65. The minimum Gasteiger partial charge on any atom is -0.386 e. The van der Waals surface area contributed by atoms with Gasteiger partial charge in [0.05, 0.1) is 6.67 Å². The van der Waals surface area contributed by atoms with Crippen LogP contribution in [0, 0.1) is 0 Å². The molecule has 0 aromatic heterocycles. The molecular weight excluding hydrogens is 142 g/mol. The van der Waals surface area contributed by atoms with Crippen molar-refractivity contribution in [3.8, 4) is 0 Å². The lowest BCUT2D eigenvalue weighted by Crippen LogP contribution is -2.45. The third-order valence-electron chi connectivity index (χ3n) is 2.06. The van der Waals surface area contributed by atoms with E-state index in [1.54, 1.807) is 0 Å². The number of aliphatic imine (C=N–C) groups is 2. The van der Waals surface area contributed by atoms with Crippen LogP contribution >= 0.6 is 0 Å². The first kappa shape index (κ1) is 6.75. The van der Waals surface area contributed by atoms with Crippen molar-refractivity contribution in [1.82, 2.24) is 10.2 Å². The molecule has 0 spiro atoms. The van der Waals surface area contributed by atoms with E-state index in [-0.39, 0.29) is 12.2 Å². The molecule has 0 radical (unpaired) electrons. The Hall–Kier alpha value is -0.940. The van der Waals surface area contributed by atoms with Crippen LogP contribution in [0.1, 0.15) is 0 Å². The van der Waals surface area contributed by atoms with E-state index in [0.29, 0.717) is 5.84 Å². The largest absolute Gasteiger partial charge is 0.386 e. The maximum Gasteiger partial charge on any atom is 0.127 e. The number of nitrogens with zero attached hydrogens (tertiary/aromatic N) is 3. The molecule has 0 amide bonds. The zero-order chi connectivity index (χ0) is 7.84. The highest BCUT2D eigenvalue weighted by Crippen LogP contribution is 2.12. The van der Waals surface area contributed by atoms with Crippen LogP contribution in [-0.4, -0.2) is 43.0 Å². The number of rotatable bonds is 0. The van der Waals surface area contributed by atoms with Crippen LogP contribution in [0.2, 0.25) is 0 Å². The quantitative estimate of drug-likeness (QED) is 0.448. The zero-order valence-corrected chi connectivity index (χ0v) is 6.36. The lowest BCUT2D eigenvalue weighted by atomic mass is 10.2.